The molecule has 0 atom stereocenters. The van der Waals surface area contributed by atoms with Crippen molar-refractivity contribution in [2.75, 3.05) is 0 Å². The summed E-state index contributed by atoms with van der Waals surface area (Å²) in [5.41, 5.74) is 0. The average molecular weight is 342 g/mol. The first-order valence-corrected chi connectivity index (χ1v) is 0. The minimum atomic E-state index is 0. The van der Waals surface area contributed by atoms with E-state index in [1.165, 1.54) is 0 Å². The number of hydrogen-bond donors (Lipinski definition) is 0. The van der Waals surface area contributed by atoms with Gasteiger partial charge >= 0.3 is 0 Å². The maximum atomic E-state index is 0. The molecule has 0 spiro atoms. The van der Waals surface area contributed by atoms with Gasteiger partial charge < -0.3 is 5.48 Å². The van der Waals surface area contributed by atoms with Gasteiger partial charge in [0.1, 0.15) is 0 Å². The largest absolute Gasteiger partial charge is 0.412 e. The number of rotatable bonds is 0. The molecule has 0 aliphatic carbocycles. The normalized spacial score (nSPS) is 0. The van der Waals surface area contributed by atoms with Crippen LogP contribution in [0.25, 0.3) is 0 Å². The maximum Gasteiger partial charge on any atom is 0.187 e. The average Bonchev–Trinajstić information content (AvgIpc) is 0. The summed E-state index contributed by atoms with van der Waals surface area (Å²) in [6.45, 7) is 0. The second-order valence-corrected chi connectivity index (χ2v) is 0. The van der Waals surface area contributed by atoms with Crippen LogP contribution in [0.4, 0.5) is 0 Å². The fourth-order valence-corrected chi connectivity index (χ4v) is 0. The molecule has 0 aromatic rings. The monoisotopic (exact) mass is 339 g/mol. The van der Waals surface area contributed by atoms with E-state index in [-0.39, 0.29) is 111 Å². The zero-order chi connectivity index (χ0) is 0. The Balaban J connectivity index is 0. The topological polar surface area (TPSA) is 31.5 Å². The van der Waals surface area contributed by atoms with E-state index in [1.54, 1.807) is 0 Å². The first-order valence-electron chi connectivity index (χ1n) is 0. The van der Waals surface area contributed by atoms with E-state index < -0.39 is 0 Å². The minimum Gasteiger partial charge on any atom is -0.412 e. The summed E-state index contributed by atoms with van der Waals surface area (Å²) in [5.74, 6) is 0. The van der Waals surface area contributed by atoms with Crippen LogP contribution in [-0.2, 0) is 88.7 Å². The molecule has 2 N–H and O–H groups in total. The van der Waals surface area contributed by atoms with E-state index in [9.17, 15) is 0 Å². The Morgan fingerprint density at radius 2 is 1.00 bits per heavy atom. The van der Waals surface area contributed by atoms with Gasteiger partial charge in [0.15, 0.2) is 17.4 Å². The molecule has 0 fully saturated rings. The molecule has 0 aliphatic heterocycles. The Kier molecular flexibility index (Phi) is 714. The molecule has 0 rings (SSSR count). The Morgan fingerprint density at radius 1 is 1.00 bits per heavy atom. The third-order valence-corrected chi connectivity index (χ3v) is 0. The zero-order valence-corrected chi connectivity index (χ0v) is 10.1. The van der Waals surface area contributed by atoms with Crippen molar-refractivity contribution in [3.63, 3.8) is 0 Å². The molecule has 3 radical (unpaired) electrons. The van der Waals surface area contributed by atoms with Crippen LogP contribution in [0.15, 0.2) is 0 Å². The first kappa shape index (κ1) is 83.5. The summed E-state index contributed by atoms with van der Waals surface area (Å²) in [4.78, 5) is 0. The van der Waals surface area contributed by atoms with Gasteiger partial charge in [-0.05, 0) is 0 Å². The summed E-state index contributed by atoms with van der Waals surface area (Å²) in [6, 6.07) is 0. The van der Waals surface area contributed by atoms with E-state index in [0.717, 1.165) is 0 Å². The summed E-state index contributed by atoms with van der Waals surface area (Å²) in [7, 11) is 0. The van der Waals surface area contributed by atoms with E-state index in [0.29, 0.717) is 0 Å². The van der Waals surface area contributed by atoms with Gasteiger partial charge in [-0.2, -0.15) is 0 Å². The van der Waals surface area contributed by atoms with Crippen molar-refractivity contribution in [3.05, 3.63) is 0 Å². The molecule has 7 heavy (non-hydrogen) atoms. The van der Waals surface area contributed by atoms with Gasteiger partial charge in [0.25, 0.3) is 0 Å². The van der Waals surface area contributed by atoms with Gasteiger partial charge in [0.2, 0.25) is 0 Å². The predicted molar refractivity (Wildman–Crippen MR) is 13.6 cm³/mol. The van der Waals surface area contributed by atoms with Crippen molar-refractivity contribution in [2.24, 2.45) is 0 Å². The molecule has 49 valence electrons. The Bertz CT molecular complexity index is 19.7. The molecule has 0 heterocycles. The van der Waals surface area contributed by atoms with Crippen LogP contribution >= 0.6 is 0 Å². The molecular weight excluding hydrogens is 336 g/mol. The minimum absolute atomic E-state index is 0. The van der Waals surface area contributed by atoms with E-state index >= 15 is 0 Å². The van der Waals surface area contributed by atoms with Crippen molar-refractivity contribution in [2.45, 2.75) is 0 Å². The second-order valence-electron chi connectivity index (χ2n) is 0. The van der Waals surface area contributed by atoms with Crippen LogP contribution < -0.4 is 0 Å². The predicted octanol–water partition coefficient (Wildman–Crippen LogP) is -2.02. The molecule has 0 unspecified atom stereocenters. The Morgan fingerprint density at radius 3 is 1.00 bits per heavy atom. The maximum absolute atomic E-state index is 0. The van der Waals surface area contributed by atoms with E-state index in [4.69, 9.17) is 0 Å². The molecule has 0 amide bonds. The first-order chi connectivity index (χ1) is 0. The van der Waals surface area contributed by atoms with Crippen molar-refractivity contribution in [1.29, 1.82) is 0 Å². The quantitative estimate of drug-likeness (QED) is 0.456. The van der Waals surface area contributed by atoms with E-state index in [2.05, 4.69) is 0 Å². The molecule has 0 saturated heterocycles. The third-order valence-electron chi connectivity index (χ3n) is 0. The Hall–Kier alpha value is 3.23. The molecule has 1 nitrogen and oxygen atoms in total. The van der Waals surface area contributed by atoms with Gasteiger partial charge in [-0.1, -0.05) is 0 Å². The number of hydrogen-bond acceptors (Lipinski definition) is 0. The van der Waals surface area contributed by atoms with Crippen molar-refractivity contribution in [1.82, 2.24) is 0 Å². The summed E-state index contributed by atoms with van der Waals surface area (Å²) < 4.78 is 0. The summed E-state index contributed by atoms with van der Waals surface area (Å²) >= 11 is 0. The molecule has 0 aromatic heterocycles. The van der Waals surface area contributed by atoms with Crippen LogP contribution in [0.3, 0.4) is 0 Å². The van der Waals surface area contributed by atoms with Gasteiger partial charge in [-0.3, -0.25) is 0 Å². The fraction of sp³-hybridized carbons (Fsp3) is 0. The smallest absolute Gasteiger partial charge is 0.187 e. The zero-order valence-electron chi connectivity index (χ0n) is 2.65. The molecule has 0 aliphatic rings. The van der Waals surface area contributed by atoms with E-state index in [1.807, 2.05) is 0 Å². The summed E-state index contributed by atoms with van der Waals surface area (Å²) in [6.07, 6.45) is 0. The van der Waals surface area contributed by atoms with Gasteiger partial charge in [0.05, 0.1) is 0 Å². The molecular formula is H5AlCuMnNiOVZn. The SMILES string of the molecule is O.[AlH3].[Cu].[Mn].[Ni].[V].[Zn]. The van der Waals surface area contributed by atoms with Crippen LogP contribution in [-0.4, -0.2) is 22.8 Å². The summed E-state index contributed by atoms with van der Waals surface area (Å²) in [5, 5.41) is 0. The van der Waals surface area contributed by atoms with Crippen LogP contribution in [0.5, 0.6) is 0 Å². The van der Waals surface area contributed by atoms with Gasteiger partial charge in [-0.15, -0.1) is 0 Å². The third kappa shape index (κ3) is 46.2. The van der Waals surface area contributed by atoms with Crippen molar-refractivity contribution >= 4 is 17.4 Å². The molecule has 0 bridgehead atoms. The second kappa shape index (κ2) is 59.9. The van der Waals surface area contributed by atoms with Crippen LogP contribution in [0, 0.1) is 0 Å². The molecule has 7 heteroatoms. The van der Waals surface area contributed by atoms with Crippen LogP contribution in [0.2, 0.25) is 0 Å². The molecule has 0 saturated carbocycles. The fourth-order valence-electron chi connectivity index (χ4n) is 0. The standard InChI is InChI=1S/Al.Cu.Mn.Ni.H2O.V.Zn.3H/h;;;;1H2;;;;;. The van der Waals surface area contributed by atoms with Gasteiger partial charge in [-0.25, -0.2) is 0 Å². The van der Waals surface area contributed by atoms with Crippen molar-refractivity contribution in [3.8, 4) is 0 Å². The molecule has 0 aromatic carbocycles. The van der Waals surface area contributed by atoms with Crippen molar-refractivity contribution < 1.29 is 94.1 Å². The Labute approximate surface area is 110 Å². The van der Waals surface area contributed by atoms with Crippen LogP contribution in [0.1, 0.15) is 0 Å². The van der Waals surface area contributed by atoms with Gasteiger partial charge in [0, 0.05) is 88.7 Å².